The Bertz CT molecular complexity index is 722. The second-order valence-corrected chi connectivity index (χ2v) is 4.68. The molecule has 2 aromatic carbocycles. The molecular weight excluding hydrogens is 270 g/mol. The van der Waals surface area contributed by atoms with Crippen LogP contribution in [0, 0.1) is 6.92 Å². The molecule has 4 N–H and O–H groups in total. The number of aromatic carboxylic acids is 2. The van der Waals surface area contributed by atoms with E-state index in [-0.39, 0.29) is 16.7 Å². The minimum Gasteiger partial charge on any atom is -0.478 e. The molecule has 0 saturated heterocycles. The molecular formula is C16H15NO4. The molecule has 2 rings (SSSR count). The van der Waals surface area contributed by atoms with Gasteiger partial charge in [0.25, 0.3) is 0 Å². The second kappa shape index (κ2) is 5.76. The molecule has 0 saturated carbocycles. The summed E-state index contributed by atoms with van der Waals surface area (Å²) in [5.74, 6) is -2.29. The van der Waals surface area contributed by atoms with Crippen molar-refractivity contribution in [3.8, 4) is 11.1 Å². The molecule has 0 aliphatic rings. The number of carboxylic acids is 2. The van der Waals surface area contributed by atoms with Gasteiger partial charge in [-0.15, -0.1) is 0 Å². The third-order valence-corrected chi connectivity index (χ3v) is 3.38. The number of carboxylic acid groups (broad SMARTS) is 2. The molecule has 0 aliphatic carbocycles. The lowest BCUT2D eigenvalue weighted by atomic mass is 9.92. The van der Waals surface area contributed by atoms with E-state index in [4.69, 9.17) is 10.8 Å². The smallest absolute Gasteiger partial charge is 0.336 e. The summed E-state index contributed by atoms with van der Waals surface area (Å²) in [6.45, 7) is 1.85. The summed E-state index contributed by atoms with van der Waals surface area (Å²) in [5, 5.41) is 18.5. The molecule has 0 amide bonds. The van der Waals surface area contributed by atoms with Crippen LogP contribution in [0.5, 0.6) is 0 Å². The highest BCUT2D eigenvalue weighted by Gasteiger charge is 2.20. The minimum atomic E-state index is -1.15. The molecule has 0 spiro atoms. The molecule has 5 nitrogen and oxygen atoms in total. The highest BCUT2D eigenvalue weighted by Crippen LogP contribution is 2.29. The van der Waals surface area contributed by atoms with E-state index in [1.165, 1.54) is 19.1 Å². The van der Waals surface area contributed by atoms with Crippen molar-refractivity contribution in [1.82, 2.24) is 0 Å². The van der Waals surface area contributed by atoms with E-state index in [9.17, 15) is 14.7 Å². The molecule has 2 aromatic rings. The Morgan fingerprint density at radius 2 is 1.81 bits per heavy atom. The third-order valence-electron chi connectivity index (χ3n) is 3.38. The molecule has 0 bridgehead atoms. The standard InChI is InChI=1S/C16H15NO4/c1-9-12(15(18)19)5-6-13(14(9)16(20)21)11-4-2-3-10(7-11)8-17/h2-7H,8,17H2,1H3,(H,18,19)(H,20,21). The molecule has 0 aliphatic heterocycles. The Balaban J connectivity index is 2.71. The first-order chi connectivity index (χ1) is 9.95. The summed E-state index contributed by atoms with van der Waals surface area (Å²) < 4.78 is 0. The summed E-state index contributed by atoms with van der Waals surface area (Å²) >= 11 is 0. The average Bonchev–Trinajstić information content (AvgIpc) is 2.46. The normalized spacial score (nSPS) is 10.4. The molecule has 0 radical (unpaired) electrons. The van der Waals surface area contributed by atoms with Crippen LogP contribution in [0.1, 0.15) is 31.8 Å². The Hall–Kier alpha value is -2.66. The van der Waals surface area contributed by atoms with Crippen LogP contribution in [0.4, 0.5) is 0 Å². The molecule has 0 atom stereocenters. The zero-order valence-corrected chi connectivity index (χ0v) is 11.5. The SMILES string of the molecule is Cc1c(C(=O)O)ccc(-c2cccc(CN)c2)c1C(=O)O. The number of benzene rings is 2. The van der Waals surface area contributed by atoms with Crippen molar-refractivity contribution < 1.29 is 19.8 Å². The lowest BCUT2D eigenvalue weighted by molar-refractivity contribution is 0.0696. The molecule has 0 unspecified atom stereocenters. The molecule has 5 heteroatoms. The Morgan fingerprint density at radius 3 is 2.38 bits per heavy atom. The third kappa shape index (κ3) is 2.78. The number of rotatable bonds is 4. The van der Waals surface area contributed by atoms with Gasteiger partial charge in [-0.2, -0.15) is 0 Å². The van der Waals surface area contributed by atoms with Gasteiger partial charge in [0.05, 0.1) is 11.1 Å². The van der Waals surface area contributed by atoms with E-state index >= 15 is 0 Å². The Kier molecular flexibility index (Phi) is 4.05. The van der Waals surface area contributed by atoms with E-state index in [0.29, 0.717) is 17.7 Å². The van der Waals surface area contributed by atoms with Crippen molar-refractivity contribution >= 4 is 11.9 Å². The van der Waals surface area contributed by atoms with Crippen molar-refractivity contribution in [2.24, 2.45) is 5.73 Å². The van der Waals surface area contributed by atoms with Crippen LogP contribution in [0.15, 0.2) is 36.4 Å². The van der Waals surface area contributed by atoms with Crippen molar-refractivity contribution in [2.75, 3.05) is 0 Å². The number of hydrogen-bond donors (Lipinski definition) is 3. The maximum atomic E-state index is 11.5. The predicted octanol–water partition coefficient (Wildman–Crippen LogP) is 2.52. The zero-order chi connectivity index (χ0) is 15.6. The maximum Gasteiger partial charge on any atom is 0.336 e. The highest BCUT2D eigenvalue weighted by molar-refractivity contribution is 6.02. The lowest BCUT2D eigenvalue weighted by Gasteiger charge is -2.12. The van der Waals surface area contributed by atoms with Gasteiger partial charge in [0, 0.05) is 6.54 Å². The summed E-state index contributed by atoms with van der Waals surface area (Å²) in [7, 11) is 0. The maximum absolute atomic E-state index is 11.5. The van der Waals surface area contributed by atoms with Gasteiger partial charge in [0.15, 0.2) is 0 Å². The summed E-state index contributed by atoms with van der Waals surface area (Å²) in [4.78, 5) is 22.7. The fourth-order valence-corrected chi connectivity index (χ4v) is 2.33. The van der Waals surface area contributed by atoms with Gasteiger partial charge >= 0.3 is 11.9 Å². The summed E-state index contributed by atoms with van der Waals surface area (Å²) in [6, 6.07) is 10.2. The van der Waals surface area contributed by atoms with Gasteiger partial charge in [0.2, 0.25) is 0 Å². The first-order valence-corrected chi connectivity index (χ1v) is 6.35. The number of hydrogen-bond acceptors (Lipinski definition) is 3. The Labute approximate surface area is 121 Å². The fourth-order valence-electron chi connectivity index (χ4n) is 2.33. The molecule has 21 heavy (non-hydrogen) atoms. The lowest BCUT2D eigenvalue weighted by Crippen LogP contribution is -2.09. The molecule has 108 valence electrons. The van der Waals surface area contributed by atoms with Crippen LogP contribution in [0.3, 0.4) is 0 Å². The van der Waals surface area contributed by atoms with Gasteiger partial charge in [0.1, 0.15) is 0 Å². The van der Waals surface area contributed by atoms with Gasteiger partial charge in [-0.05, 0) is 41.3 Å². The predicted molar refractivity (Wildman–Crippen MR) is 78.4 cm³/mol. The zero-order valence-electron chi connectivity index (χ0n) is 11.5. The summed E-state index contributed by atoms with van der Waals surface area (Å²) in [6.07, 6.45) is 0. The topological polar surface area (TPSA) is 101 Å². The van der Waals surface area contributed by atoms with Crippen LogP contribution >= 0.6 is 0 Å². The molecule has 0 fully saturated rings. The van der Waals surface area contributed by atoms with E-state index in [2.05, 4.69) is 0 Å². The van der Waals surface area contributed by atoms with E-state index in [1.807, 2.05) is 12.1 Å². The first kappa shape index (κ1) is 14.7. The van der Waals surface area contributed by atoms with Crippen molar-refractivity contribution in [2.45, 2.75) is 13.5 Å². The van der Waals surface area contributed by atoms with E-state index in [1.54, 1.807) is 12.1 Å². The summed E-state index contributed by atoms with van der Waals surface area (Å²) in [5.41, 5.74) is 7.90. The van der Waals surface area contributed by atoms with Crippen LogP contribution < -0.4 is 5.73 Å². The quantitative estimate of drug-likeness (QED) is 0.801. The molecule has 0 heterocycles. The fraction of sp³-hybridized carbons (Fsp3) is 0.125. The van der Waals surface area contributed by atoms with Crippen LogP contribution in [0.2, 0.25) is 0 Å². The van der Waals surface area contributed by atoms with Crippen molar-refractivity contribution in [3.05, 3.63) is 58.7 Å². The number of carbonyl (C=O) groups is 2. The van der Waals surface area contributed by atoms with Gasteiger partial charge in [-0.3, -0.25) is 0 Å². The van der Waals surface area contributed by atoms with Crippen LogP contribution in [-0.2, 0) is 6.54 Å². The average molecular weight is 285 g/mol. The Morgan fingerprint density at radius 1 is 1.10 bits per heavy atom. The van der Waals surface area contributed by atoms with E-state index < -0.39 is 11.9 Å². The van der Waals surface area contributed by atoms with Gasteiger partial charge < -0.3 is 15.9 Å². The van der Waals surface area contributed by atoms with Crippen molar-refractivity contribution in [1.29, 1.82) is 0 Å². The van der Waals surface area contributed by atoms with Gasteiger partial charge in [-0.1, -0.05) is 24.3 Å². The highest BCUT2D eigenvalue weighted by atomic mass is 16.4. The first-order valence-electron chi connectivity index (χ1n) is 6.35. The number of nitrogens with two attached hydrogens (primary N) is 1. The monoisotopic (exact) mass is 285 g/mol. The van der Waals surface area contributed by atoms with E-state index in [0.717, 1.165) is 5.56 Å². The van der Waals surface area contributed by atoms with Crippen LogP contribution in [-0.4, -0.2) is 22.2 Å². The van der Waals surface area contributed by atoms with Gasteiger partial charge in [-0.25, -0.2) is 9.59 Å². The largest absolute Gasteiger partial charge is 0.478 e. The minimum absolute atomic E-state index is 0.00377. The molecule has 0 aromatic heterocycles. The van der Waals surface area contributed by atoms with Crippen LogP contribution in [0.25, 0.3) is 11.1 Å². The second-order valence-electron chi connectivity index (χ2n) is 4.68. The van der Waals surface area contributed by atoms with Crippen molar-refractivity contribution in [3.63, 3.8) is 0 Å².